The van der Waals surface area contributed by atoms with Crippen LogP contribution in [0, 0.1) is 0 Å². The van der Waals surface area contributed by atoms with Gasteiger partial charge in [-0.15, -0.1) is 5.10 Å². The molecule has 1 N–H and O–H groups in total. The predicted molar refractivity (Wildman–Crippen MR) is 85.9 cm³/mol. The molecule has 2 aromatic heterocycles. The zero-order valence-electron chi connectivity index (χ0n) is 12.0. The van der Waals surface area contributed by atoms with Gasteiger partial charge in [0.15, 0.2) is 5.65 Å². The van der Waals surface area contributed by atoms with Crippen molar-refractivity contribution in [3.63, 3.8) is 0 Å². The molecule has 0 amide bonds. The first-order valence-electron chi connectivity index (χ1n) is 7.03. The summed E-state index contributed by atoms with van der Waals surface area (Å²) in [5, 5.41) is 8.34. The van der Waals surface area contributed by atoms with E-state index >= 15 is 0 Å². The number of rotatable bonds is 4. The van der Waals surface area contributed by atoms with Crippen molar-refractivity contribution in [1.29, 1.82) is 0 Å². The minimum Gasteiger partial charge on any atom is -0.346 e. The predicted octanol–water partition coefficient (Wildman–Crippen LogP) is 4.12. The van der Waals surface area contributed by atoms with Gasteiger partial charge in [-0.1, -0.05) is 42.8 Å². The van der Waals surface area contributed by atoms with Gasteiger partial charge in [0.1, 0.15) is 0 Å². The lowest BCUT2D eigenvalue weighted by molar-refractivity contribution is 0.851. The smallest absolute Gasteiger partial charge is 0.243 e. The summed E-state index contributed by atoms with van der Waals surface area (Å²) >= 11 is 5.95. The van der Waals surface area contributed by atoms with Crippen LogP contribution in [0.5, 0.6) is 0 Å². The van der Waals surface area contributed by atoms with E-state index in [1.54, 1.807) is 10.7 Å². The van der Waals surface area contributed by atoms with E-state index < -0.39 is 0 Å². The molecule has 0 saturated heterocycles. The quantitative estimate of drug-likeness (QED) is 0.788. The highest BCUT2D eigenvalue weighted by atomic mass is 35.5. The maximum Gasteiger partial charge on any atom is 0.243 e. The van der Waals surface area contributed by atoms with E-state index in [4.69, 9.17) is 11.6 Å². The lowest BCUT2D eigenvalue weighted by Crippen LogP contribution is -2.08. The monoisotopic (exact) mass is 300 g/mol. The summed E-state index contributed by atoms with van der Waals surface area (Å²) in [6.45, 7) is 4.25. The number of nitrogens with one attached hydrogen (secondary N) is 1. The minimum absolute atomic E-state index is 0.142. The Kier molecular flexibility index (Phi) is 3.80. The van der Waals surface area contributed by atoms with Crippen LogP contribution < -0.4 is 5.32 Å². The van der Waals surface area contributed by atoms with Gasteiger partial charge in [0.2, 0.25) is 5.95 Å². The van der Waals surface area contributed by atoms with Crippen molar-refractivity contribution in [2.75, 3.05) is 5.32 Å². The number of hydrogen-bond donors (Lipinski definition) is 1. The van der Waals surface area contributed by atoms with Gasteiger partial charge in [-0.3, -0.25) is 0 Å². The molecule has 3 aromatic rings. The van der Waals surface area contributed by atoms with Crippen molar-refractivity contribution in [1.82, 2.24) is 14.6 Å². The van der Waals surface area contributed by atoms with Crippen LogP contribution in [0.15, 0.2) is 42.6 Å². The second-order valence-electron chi connectivity index (χ2n) is 5.05. The van der Waals surface area contributed by atoms with Crippen LogP contribution in [0.4, 0.5) is 5.95 Å². The summed E-state index contributed by atoms with van der Waals surface area (Å²) in [4.78, 5) is 4.44. The number of halogens is 1. The first-order valence-corrected chi connectivity index (χ1v) is 7.41. The van der Waals surface area contributed by atoms with Crippen molar-refractivity contribution in [3.05, 3.63) is 58.7 Å². The molecule has 2 heterocycles. The molecule has 0 fully saturated rings. The standard InChI is InChI=1S/C16H17ClN4/c1-3-12-4-6-13(7-5-12)11(2)18-16-19-15-9-8-14(17)10-21(15)20-16/h4-11H,3H2,1-2H3,(H,18,20). The number of benzene rings is 1. The van der Waals surface area contributed by atoms with E-state index in [9.17, 15) is 0 Å². The molecule has 5 heteroatoms. The van der Waals surface area contributed by atoms with Gasteiger partial charge < -0.3 is 5.32 Å². The van der Waals surface area contributed by atoms with Gasteiger partial charge in [-0.25, -0.2) is 4.52 Å². The van der Waals surface area contributed by atoms with Crippen molar-refractivity contribution < 1.29 is 0 Å². The highest BCUT2D eigenvalue weighted by molar-refractivity contribution is 6.30. The molecular weight excluding hydrogens is 284 g/mol. The van der Waals surface area contributed by atoms with Gasteiger partial charge in [0, 0.05) is 6.20 Å². The summed E-state index contributed by atoms with van der Waals surface area (Å²) in [5.41, 5.74) is 3.32. The second-order valence-corrected chi connectivity index (χ2v) is 5.48. The highest BCUT2D eigenvalue weighted by Gasteiger charge is 2.09. The molecule has 108 valence electrons. The van der Waals surface area contributed by atoms with Gasteiger partial charge in [0.05, 0.1) is 11.1 Å². The fourth-order valence-corrected chi connectivity index (χ4v) is 2.39. The van der Waals surface area contributed by atoms with E-state index in [-0.39, 0.29) is 6.04 Å². The zero-order valence-corrected chi connectivity index (χ0v) is 12.8. The second kappa shape index (κ2) is 5.74. The van der Waals surface area contributed by atoms with E-state index in [0.717, 1.165) is 12.1 Å². The Balaban J connectivity index is 1.79. The van der Waals surface area contributed by atoms with Crippen molar-refractivity contribution in [3.8, 4) is 0 Å². The zero-order chi connectivity index (χ0) is 14.8. The average molecular weight is 301 g/mol. The average Bonchev–Trinajstić information content (AvgIpc) is 2.88. The summed E-state index contributed by atoms with van der Waals surface area (Å²) in [5.74, 6) is 0.601. The van der Waals surface area contributed by atoms with Gasteiger partial charge in [0.25, 0.3) is 0 Å². The molecule has 1 unspecified atom stereocenters. The van der Waals surface area contributed by atoms with Crippen LogP contribution in [0.1, 0.15) is 31.0 Å². The molecule has 0 aliphatic heterocycles. The Hall–Kier alpha value is -2.07. The number of pyridine rings is 1. The number of aryl methyl sites for hydroxylation is 1. The van der Waals surface area contributed by atoms with Crippen LogP contribution in [0.25, 0.3) is 5.65 Å². The van der Waals surface area contributed by atoms with Crippen molar-refractivity contribution in [2.24, 2.45) is 0 Å². The Labute approximate surface area is 128 Å². The van der Waals surface area contributed by atoms with Gasteiger partial charge in [-0.2, -0.15) is 4.98 Å². The Morgan fingerprint density at radius 3 is 2.67 bits per heavy atom. The van der Waals surface area contributed by atoms with E-state index in [2.05, 4.69) is 53.5 Å². The molecule has 1 aromatic carbocycles. The first-order chi connectivity index (χ1) is 10.2. The fourth-order valence-electron chi connectivity index (χ4n) is 2.24. The normalized spacial score (nSPS) is 12.5. The third kappa shape index (κ3) is 3.00. The number of anilines is 1. The molecule has 21 heavy (non-hydrogen) atoms. The summed E-state index contributed by atoms with van der Waals surface area (Å²) < 4.78 is 1.68. The largest absolute Gasteiger partial charge is 0.346 e. The Bertz CT molecular complexity index is 749. The molecule has 0 radical (unpaired) electrons. The van der Waals surface area contributed by atoms with Crippen molar-refractivity contribution in [2.45, 2.75) is 26.3 Å². The highest BCUT2D eigenvalue weighted by Crippen LogP contribution is 2.19. The lowest BCUT2D eigenvalue weighted by Gasteiger charge is -2.13. The summed E-state index contributed by atoms with van der Waals surface area (Å²) in [7, 11) is 0. The van der Waals surface area contributed by atoms with Crippen LogP contribution in [0.2, 0.25) is 5.02 Å². The fraction of sp³-hybridized carbons (Fsp3) is 0.250. The van der Waals surface area contributed by atoms with Crippen LogP contribution >= 0.6 is 11.6 Å². The molecule has 3 rings (SSSR count). The maximum absolute atomic E-state index is 5.95. The molecule has 0 aliphatic rings. The maximum atomic E-state index is 5.95. The number of hydrogen-bond acceptors (Lipinski definition) is 3. The van der Waals surface area contributed by atoms with Crippen LogP contribution in [0.3, 0.4) is 0 Å². The third-order valence-corrected chi connectivity index (χ3v) is 3.75. The van der Waals surface area contributed by atoms with E-state index in [0.29, 0.717) is 11.0 Å². The number of aromatic nitrogens is 3. The van der Waals surface area contributed by atoms with Crippen LogP contribution in [-0.4, -0.2) is 14.6 Å². The molecule has 0 aliphatic carbocycles. The number of nitrogens with zero attached hydrogens (tertiary/aromatic N) is 3. The minimum atomic E-state index is 0.142. The molecule has 1 atom stereocenters. The molecule has 0 bridgehead atoms. The van der Waals surface area contributed by atoms with Crippen molar-refractivity contribution >= 4 is 23.2 Å². The van der Waals surface area contributed by atoms with Gasteiger partial charge in [-0.05, 0) is 36.6 Å². The number of fused-ring (bicyclic) bond motifs is 1. The SMILES string of the molecule is CCc1ccc(C(C)Nc2nc3ccc(Cl)cn3n2)cc1. The molecule has 0 spiro atoms. The third-order valence-electron chi connectivity index (χ3n) is 3.53. The Morgan fingerprint density at radius 1 is 1.19 bits per heavy atom. The molecular formula is C16H17ClN4. The van der Waals surface area contributed by atoms with Gasteiger partial charge >= 0.3 is 0 Å². The van der Waals surface area contributed by atoms with Crippen LogP contribution in [-0.2, 0) is 6.42 Å². The summed E-state index contributed by atoms with van der Waals surface area (Å²) in [6, 6.07) is 12.4. The first kappa shape index (κ1) is 13.9. The van der Waals surface area contributed by atoms with E-state index in [1.807, 2.05) is 12.1 Å². The topological polar surface area (TPSA) is 42.2 Å². The molecule has 4 nitrogen and oxygen atoms in total. The molecule has 0 saturated carbocycles. The summed E-state index contributed by atoms with van der Waals surface area (Å²) in [6.07, 6.45) is 2.80. The lowest BCUT2D eigenvalue weighted by atomic mass is 10.1. The van der Waals surface area contributed by atoms with E-state index in [1.165, 1.54) is 11.1 Å². The Morgan fingerprint density at radius 2 is 1.95 bits per heavy atom.